The first-order valence-electron chi connectivity index (χ1n) is 6.02. The summed E-state index contributed by atoms with van der Waals surface area (Å²) in [5, 5.41) is 11.4. The molecule has 1 atom stereocenters. The van der Waals surface area contributed by atoms with Gasteiger partial charge in [0.15, 0.2) is 0 Å². The molecular weight excluding hydrogens is 344 g/mol. The summed E-state index contributed by atoms with van der Waals surface area (Å²) >= 11 is 4.73. The van der Waals surface area contributed by atoms with Gasteiger partial charge in [-0.3, -0.25) is 9.59 Å². The van der Waals surface area contributed by atoms with Crippen molar-refractivity contribution in [2.45, 2.75) is 19.4 Å². The first-order chi connectivity index (χ1) is 9.40. The van der Waals surface area contributed by atoms with E-state index in [1.165, 1.54) is 11.8 Å². The molecule has 4 N–H and O–H groups in total. The minimum atomic E-state index is -1.01. The first kappa shape index (κ1) is 17.0. The van der Waals surface area contributed by atoms with Crippen molar-refractivity contribution >= 4 is 45.3 Å². The van der Waals surface area contributed by atoms with Gasteiger partial charge in [0.1, 0.15) is 6.04 Å². The number of carbonyl (C=O) groups excluding carboxylic acids is 1. The zero-order chi connectivity index (χ0) is 15.1. The number of benzene rings is 1. The lowest BCUT2D eigenvalue weighted by Gasteiger charge is -2.09. The third-order valence-corrected chi connectivity index (χ3v) is 4.07. The Morgan fingerprint density at radius 3 is 2.80 bits per heavy atom. The van der Waals surface area contributed by atoms with Gasteiger partial charge in [-0.25, -0.2) is 0 Å². The standard InChI is InChI=1S/C13H17BrN2O3S/c1-8-6-9(14)2-3-11(8)16-12(17)7-20-5-4-10(15)13(18)19/h2-3,6,10H,4-5,7,15H2,1H3,(H,16,17)(H,18,19). The van der Waals surface area contributed by atoms with Crippen molar-refractivity contribution in [1.82, 2.24) is 0 Å². The number of hydrogen-bond donors (Lipinski definition) is 3. The summed E-state index contributed by atoms with van der Waals surface area (Å²) in [5.41, 5.74) is 7.13. The lowest BCUT2D eigenvalue weighted by Crippen LogP contribution is -2.30. The van der Waals surface area contributed by atoms with Crippen LogP contribution >= 0.6 is 27.7 Å². The average Bonchev–Trinajstić information content (AvgIpc) is 2.37. The predicted molar refractivity (Wildman–Crippen MR) is 85.1 cm³/mol. The summed E-state index contributed by atoms with van der Waals surface area (Å²) in [6, 6.07) is 4.76. The topological polar surface area (TPSA) is 92.4 Å². The van der Waals surface area contributed by atoms with Gasteiger partial charge in [-0.2, -0.15) is 11.8 Å². The number of carboxylic acid groups (broad SMARTS) is 1. The number of hydrogen-bond acceptors (Lipinski definition) is 4. The fourth-order valence-electron chi connectivity index (χ4n) is 1.45. The van der Waals surface area contributed by atoms with E-state index in [-0.39, 0.29) is 11.7 Å². The number of anilines is 1. The molecule has 0 heterocycles. The van der Waals surface area contributed by atoms with E-state index in [1.54, 1.807) is 0 Å². The molecule has 0 aliphatic rings. The minimum Gasteiger partial charge on any atom is -0.480 e. The largest absolute Gasteiger partial charge is 0.480 e. The van der Waals surface area contributed by atoms with E-state index >= 15 is 0 Å². The van der Waals surface area contributed by atoms with Crippen molar-refractivity contribution in [3.63, 3.8) is 0 Å². The van der Waals surface area contributed by atoms with Gasteiger partial charge in [0.2, 0.25) is 5.91 Å². The zero-order valence-electron chi connectivity index (χ0n) is 11.1. The Bertz CT molecular complexity index is 497. The molecule has 0 aliphatic carbocycles. The van der Waals surface area contributed by atoms with Crippen LogP contribution in [-0.2, 0) is 9.59 Å². The van der Waals surface area contributed by atoms with Gasteiger partial charge in [-0.05, 0) is 42.9 Å². The molecular formula is C13H17BrN2O3S. The average molecular weight is 361 g/mol. The van der Waals surface area contributed by atoms with Crippen LogP contribution in [0, 0.1) is 6.92 Å². The second-order valence-electron chi connectivity index (χ2n) is 4.29. The highest BCUT2D eigenvalue weighted by Crippen LogP contribution is 2.20. The Morgan fingerprint density at radius 2 is 2.20 bits per heavy atom. The van der Waals surface area contributed by atoms with Crippen molar-refractivity contribution in [1.29, 1.82) is 0 Å². The molecule has 7 heteroatoms. The Morgan fingerprint density at radius 1 is 1.50 bits per heavy atom. The summed E-state index contributed by atoms with van der Waals surface area (Å²) in [5.74, 6) is -0.299. The number of nitrogens with one attached hydrogen (secondary N) is 1. The Hall–Kier alpha value is -1.05. The van der Waals surface area contributed by atoms with Gasteiger partial charge >= 0.3 is 5.97 Å². The molecule has 0 radical (unpaired) electrons. The number of halogens is 1. The third-order valence-electron chi connectivity index (χ3n) is 2.59. The van der Waals surface area contributed by atoms with Crippen LogP contribution in [0.2, 0.25) is 0 Å². The lowest BCUT2D eigenvalue weighted by molar-refractivity contribution is -0.138. The molecule has 1 unspecified atom stereocenters. The quantitative estimate of drug-likeness (QED) is 0.648. The van der Waals surface area contributed by atoms with E-state index in [1.807, 2.05) is 25.1 Å². The summed E-state index contributed by atoms with van der Waals surface area (Å²) in [4.78, 5) is 22.3. The number of amides is 1. The van der Waals surface area contributed by atoms with E-state index in [0.717, 1.165) is 15.7 Å². The molecule has 20 heavy (non-hydrogen) atoms. The fourth-order valence-corrected chi connectivity index (χ4v) is 2.75. The molecule has 0 aromatic heterocycles. The van der Waals surface area contributed by atoms with Crippen LogP contribution < -0.4 is 11.1 Å². The zero-order valence-corrected chi connectivity index (χ0v) is 13.5. The molecule has 0 aliphatic heterocycles. The van der Waals surface area contributed by atoms with Crippen molar-refractivity contribution in [2.24, 2.45) is 5.73 Å². The molecule has 0 fully saturated rings. The molecule has 0 saturated carbocycles. The van der Waals surface area contributed by atoms with Crippen molar-refractivity contribution in [3.05, 3.63) is 28.2 Å². The van der Waals surface area contributed by atoms with Crippen molar-refractivity contribution in [2.75, 3.05) is 16.8 Å². The van der Waals surface area contributed by atoms with Crippen LogP contribution in [0.15, 0.2) is 22.7 Å². The number of aryl methyl sites for hydroxylation is 1. The molecule has 110 valence electrons. The van der Waals surface area contributed by atoms with Gasteiger partial charge in [-0.1, -0.05) is 15.9 Å². The van der Waals surface area contributed by atoms with Gasteiger partial charge in [0, 0.05) is 10.2 Å². The highest BCUT2D eigenvalue weighted by molar-refractivity contribution is 9.10. The lowest BCUT2D eigenvalue weighted by atomic mass is 10.2. The molecule has 1 amide bonds. The number of carboxylic acids is 1. The Balaban J connectivity index is 2.32. The van der Waals surface area contributed by atoms with Gasteiger partial charge in [0.25, 0.3) is 0 Å². The monoisotopic (exact) mass is 360 g/mol. The molecule has 0 spiro atoms. The number of aliphatic carboxylic acids is 1. The molecule has 0 bridgehead atoms. The maximum Gasteiger partial charge on any atom is 0.320 e. The number of carbonyl (C=O) groups is 2. The number of thioether (sulfide) groups is 1. The molecule has 5 nitrogen and oxygen atoms in total. The molecule has 1 aromatic carbocycles. The second-order valence-corrected chi connectivity index (χ2v) is 6.31. The fraction of sp³-hybridized carbons (Fsp3) is 0.385. The summed E-state index contributed by atoms with van der Waals surface area (Å²) < 4.78 is 0.963. The second kappa shape index (κ2) is 8.28. The molecule has 0 saturated heterocycles. The molecule has 1 rings (SSSR count). The molecule has 1 aromatic rings. The summed E-state index contributed by atoms with van der Waals surface area (Å²) in [7, 11) is 0. The normalized spacial score (nSPS) is 11.9. The van der Waals surface area contributed by atoms with E-state index < -0.39 is 12.0 Å². The van der Waals surface area contributed by atoms with Crippen LogP contribution in [0.5, 0.6) is 0 Å². The number of rotatable bonds is 7. The van der Waals surface area contributed by atoms with Gasteiger partial charge in [0.05, 0.1) is 5.75 Å². The van der Waals surface area contributed by atoms with Crippen LogP contribution in [0.3, 0.4) is 0 Å². The van der Waals surface area contributed by atoms with E-state index in [9.17, 15) is 9.59 Å². The van der Waals surface area contributed by atoms with Crippen molar-refractivity contribution < 1.29 is 14.7 Å². The van der Waals surface area contributed by atoms with Crippen LogP contribution in [-0.4, -0.2) is 34.5 Å². The third kappa shape index (κ3) is 5.94. The van der Waals surface area contributed by atoms with Crippen molar-refractivity contribution in [3.8, 4) is 0 Å². The maximum atomic E-state index is 11.7. The Kier molecular flexibility index (Phi) is 7.04. The Labute approximate surface area is 130 Å². The van der Waals surface area contributed by atoms with Crippen LogP contribution in [0.4, 0.5) is 5.69 Å². The minimum absolute atomic E-state index is 0.107. The van der Waals surface area contributed by atoms with E-state index in [4.69, 9.17) is 10.8 Å². The number of nitrogens with two attached hydrogens (primary N) is 1. The van der Waals surface area contributed by atoms with Gasteiger partial charge < -0.3 is 16.2 Å². The van der Waals surface area contributed by atoms with Crippen LogP contribution in [0.25, 0.3) is 0 Å². The van der Waals surface area contributed by atoms with E-state index in [2.05, 4.69) is 21.2 Å². The predicted octanol–water partition coefficient (Wildman–Crippen LogP) is 2.23. The smallest absolute Gasteiger partial charge is 0.320 e. The summed E-state index contributed by atoms with van der Waals surface area (Å²) in [6.07, 6.45) is 0.352. The highest BCUT2D eigenvalue weighted by Gasteiger charge is 2.11. The van der Waals surface area contributed by atoms with Gasteiger partial charge in [-0.15, -0.1) is 0 Å². The maximum absolute atomic E-state index is 11.7. The summed E-state index contributed by atoms with van der Waals surface area (Å²) in [6.45, 7) is 1.92. The first-order valence-corrected chi connectivity index (χ1v) is 7.97. The SMILES string of the molecule is Cc1cc(Br)ccc1NC(=O)CSCCC(N)C(=O)O. The highest BCUT2D eigenvalue weighted by atomic mass is 79.9. The van der Waals surface area contributed by atoms with Crippen LogP contribution in [0.1, 0.15) is 12.0 Å². The van der Waals surface area contributed by atoms with E-state index in [0.29, 0.717) is 12.2 Å².